The molecule has 0 fully saturated rings. The van der Waals surface area contributed by atoms with Gasteiger partial charge in [0.2, 0.25) is 6.08 Å². The van der Waals surface area contributed by atoms with E-state index in [1.165, 1.54) is 0 Å². The molecule has 1 aromatic carbocycles. The highest BCUT2D eigenvalue weighted by Gasteiger charge is 2.21. The Hall–Kier alpha value is -0.920. The lowest BCUT2D eigenvalue weighted by Crippen LogP contribution is -2.15. The molecule has 2 nitrogen and oxygen atoms in total. The van der Waals surface area contributed by atoms with Crippen LogP contribution in [0.5, 0.6) is 0 Å². The third-order valence-electron chi connectivity index (χ3n) is 2.18. The van der Waals surface area contributed by atoms with Crippen molar-refractivity contribution >= 4 is 22.0 Å². The highest BCUT2D eigenvalue weighted by atomic mass is 79.9. The van der Waals surface area contributed by atoms with Crippen LogP contribution in [0, 0.1) is 6.92 Å². The Morgan fingerprint density at radius 1 is 1.43 bits per heavy atom. The molecule has 14 heavy (non-hydrogen) atoms. The first kappa shape index (κ1) is 11.2. The molecule has 1 aromatic rings. The first-order valence-electron chi connectivity index (χ1n) is 4.33. The Bertz CT molecular complexity index is 392. The number of aliphatic imine (C=N–C) groups is 1. The van der Waals surface area contributed by atoms with Gasteiger partial charge in [0, 0.05) is 4.47 Å². The number of aryl methyl sites for hydroxylation is 1. The van der Waals surface area contributed by atoms with Crippen molar-refractivity contribution in [1.82, 2.24) is 0 Å². The van der Waals surface area contributed by atoms with Gasteiger partial charge in [-0.15, -0.1) is 0 Å². The van der Waals surface area contributed by atoms with Crippen LogP contribution in [-0.2, 0) is 10.3 Å². The lowest BCUT2D eigenvalue weighted by atomic mass is 9.91. The maximum absolute atomic E-state index is 10.3. The van der Waals surface area contributed by atoms with E-state index in [-0.39, 0.29) is 0 Å². The first-order chi connectivity index (χ1) is 6.47. The van der Waals surface area contributed by atoms with Crippen molar-refractivity contribution in [2.75, 3.05) is 0 Å². The van der Waals surface area contributed by atoms with Gasteiger partial charge in [0.25, 0.3) is 0 Å². The standard InChI is InChI=1S/C11H12BrNO/c1-8-4-5-9(12)6-10(8)11(2,3)13-7-14/h4-6H,1-3H3. The van der Waals surface area contributed by atoms with Crippen molar-refractivity contribution < 1.29 is 4.79 Å². The zero-order valence-electron chi connectivity index (χ0n) is 8.47. The minimum absolute atomic E-state index is 0.504. The number of rotatable bonds is 2. The van der Waals surface area contributed by atoms with Crippen molar-refractivity contribution in [2.24, 2.45) is 4.99 Å². The molecule has 0 aliphatic rings. The van der Waals surface area contributed by atoms with Gasteiger partial charge in [0.15, 0.2) is 0 Å². The number of benzene rings is 1. The van der Waals surface area contributed by atoms with Gasteiger partial charge in [0.1, 0.15) is 0 Å². The van der Waals surface area contributed by atoms with Crippen molar-refractivity contribution in [3.8, 4) is 0 Å². The largest absolute Gasteiger partial charge is 0.235 e. The Morgan fingerprint density at radius 2 is 2.07 bits per heavy atom. The zero-order valence-corrected chi connectivity index (χ0v) is 10.1. The van der Waals surface area contributed by atoms with Crippen LogP contribution in [0.1, 0.15) is 25.0 Å². The molecule has 1 rings (SSSR count). The van der Waals surface area contributed by atoms with Crippen LogP contribution in [0.15, 0.2) is 27.7 Å². The van der Waals surface area contributed by atoms with Gasteiger partial charge in [-0.05, 0) is 44.0 Å². The van der Waals surface area contributed by atoms with Gasteiger partial charge >= 0.3 is 0 Å². The number of nitrogens with zero attached hydrogens (tertiary/aromatic N) is 1. The lowest BCUT2D eigenvalue weighted by molar-refractivity contribution is 0.521. The van der Waals surface area contributed by atoms with Crippen LogP contribution in [0.4, 0.5) is 0 Å². The number of carbonyl (C=O) groups excluding carboxylic acids is 1. The monoisotopic (exact) mass is 253 g/mol. The Morgan fingerprint density at radius 3 is 2.64 bits per heavy atom. The van der Waals surface area contributed by atoms with E-state index in [1.807, 2.05) is 39.0 Å². The summed E-state index contributed by atoms with van der Waals surface area (Å²) in [7, 11) is 0. The summed E-state index contributed by atoms with van der Waals surface area (Å²) in [5, 5.41) is 0. The van der Waals surface area contributed by atoms with Crippen molar-refractivity contribution in [1.29, 1.82) is 0 Å². The molecule has 0 atom stereocenters. The molecule has 0 spiro atoms. The fourth-order valence-corrected chi connectivity index (χ4v) is 1.79. The van der Waals surface area contributed by atoms with Crippen LogP contribution < -0.4 is 0 Å². The molecule has 0 saturated heterocycles. The molecule has 0 aliphatic carbocycles. The summed E-state index contributed by atoms with van der Waals surface area (Å²) in [6, 6.07) is 5.96. The lowest BCUT2D eigenvalue weighted by Gasteiger charge is -2.20. The van der Waals surface area contributed by atoms with Crippen LogP contribution in [0.25, 0.3) is 0 Å². The van der Waals surface area contributed by atoms with E-state index >= 15 is 0 Å². The second-order valence-corrected chi connectivity index (χ2v) is 4.64. The molecular formula is C11H12BrNO. The molecule has 0 aliphatic heterocycles. The number of halogens is 1. The summed E-state index contributed by atoms with van der Waals surface area (Å²) < 4.78 is 0.993. The molecule has 74 valence electrons. The Labute approximate surface area is 92.2 Å². The van der Waals surface area contributed by atoms with Gasteiger partial charge in [-0.2, -0.15) is 4.99 Å². The molecule has 0 bridgehead atoms. The van der Waals surface area contributed by atoms with E-state index in [1.54, 1.807) is 6.08 Å². The predicted molar refractivity (Wildman–Crippen MR) is 60.0 cm³/mol. The number of hydrogen-bond acceptors (Lipinski definition) is 2. The molecule has 0 heterocycles. The van der Waals surface area contributed by atoms with Gasteiger partial charge in [-0.3, -0.25) is 0 Å². The highest BCUT2D eigenvalue weighted by molar-refractivity contribution is 9.10. The normalized spacial score (nSPS) is 10.9. The van der Waals surface area contributed by atoms with Crippen LogP contribution in [0.2, 0.25) is 0 Å². The zero-order chi connectivity index (χ0) is 10.8. The Balaban J connectivity index is 3.30. The molecule has 0 N–H and O–H groups in total. The van der Waals surface area contributed by atoms with E-state index in [9.17, 15) is 4.79 Å². The molecule has 3 heteroatoms. The van der Waals surface area contributed by atoms with Crippen molar-refractivity contribution in [3.63, 3.8) is 0 Å². The van der Waals surface area contributed by atoms with E-state index in [0.717, 1.165) is 15.6 Å². The predicted octanol–water partition coefficient (Wildman–Crippen LogP) is 3.33. The maximum Gasteiger partial charge on any atom is 0.235 e. The van der Waals surface area contributed by atoms with Crippen molar-refractivity contribution in [3.05, 3.63) is 33.8 Å². The number of hydrogen-bond donors (Lipinski definition) is 0. The molecule has 0 aromatic heterocycles. The quantitative estimate of drug-likeness (QED) is 0.588. The molecule has 0 unspecified atom stereocenters. The third kappa shape index (κ3) is 2.31. The fourth-order valence-electron chi connectivity index (χ4n) is 1.43. The average molecular weight is 254 g/mol. The maximum atomic E-state index is 10.3. The van der Waals surface area contributed by atoms with E-state index in [0.29, 0.717) is 0 Å². The van der Waals surface area contributed by atoms with Gasteiger partial charge < -0.3 is 0 Å². The Kier molecular flexibility index (Phi) is 3.25. The van der Waals surface area contributed by atoms with E-state index in [4.69, 9.17) is 0 Å². The topological polar surface area (TPSA) is 29.4 Å². The van der Waals surface area contributed by atoms with Crippen molar-refractivity contribution in [2.45, 2.75) is 26.3 Å². The molecular weight excluding hydrogens is 242 g/mol. The summed E-state index contributed by atoms with van der Waals surface area (Å²) in [5.74, 6) is 0. The summed E-state index contributed by atoms with van der Waals surface area (Å²) in [4.78, 5) is 14.1. The smallest absolute Gasteiger partial charge is 0.211 e. The summed E-state index contributed by atoms with van der Waals surface area (Å²) in [6.45, 7) is 5.79. The molecule has 0 radical (unpaired) electrons. The van der Waals surface area contributed by atoms with Gasteiger partial charge in [-0.25, -0.2) is 4.79 Å². The van der Waals surface area contributed by atoms with Crippen LogP contribution in [-0.4, -0.2) is 6.08 Å². The average Bonchev–Trinajstić information content (AvgIpc) is 2.09. The summed E-state index contributed by atoms with van der Waals surface area (Å²) in [5.41, 5.74) is 1.66. The van der Waals surface area contributed by atoms with Gasteiger partial charge in [0.05, 0.1) is 5.54 Å². The van der Waals surface area contributed by atoms with Crippen LogP contribution in [0.3, 0.4) is 0 Å². The second-order valence-electron chi connectivity index (χ2n) is 3.72. The first-order valence-corrected chi connectivity index (χ1v) is 5.12. The van der Waals surface area contributed by atoms with E-state index in [2.05, 4.69) is 20.9 Å². The SMILES string of the molecule is Cc1ccc(Br)cc1C(C)(C)N=C=O. The third-order valence-corrected chi connectivity index (χ3v) is 2.68. The molecule has 0 saturated carbocycles. The summed E-state index contributed by atoms with van der Waals surface area (Å²) in [6.07, 6.45) is 1.61. The fraction of sp³-hybridized carbons (Fsp3) is 0.364. The van der Waals surface area contributed by atoms with Gasteiger partial charge in [-0.1, -0.05) is 22.0 Å². The highest BCUT2D eigenvalue weighted by Crippen LogP contribution is 2.29. The minimum atomic E-state index is -0.504. The number of isocyanates is 1. The summed E-state index contributed by atoms with van der Waals surface area (Å²) >= 11 is 3.40. The molecule has 0 amide bonds. The van der Waals surface area contributed by atoms with E-state index < -0.39 is 5.54 Å². The minimum Gasteiger partial charge on any atom is -0.211 e. The van der Waals surface area contributed by atoms with Crippen LogP contribution >= 0.6 is 15.9 Å². The second kappa shape index (κ2) is 4.07.